The molecular formula is C29H33N3O3. The summed E-state index contributed by atoms with van der Waals surface area (Å²) in [6.45, 7) is 3.98. The van der Waals surface area contributed by atoms with Gasteiger partial charge in [0.2, 0.25) is 0 Å². The summed E-state index contributed by atoms with van der Waals surface area (Å²) in [5.41, 5.74) is 4.33. The number of rotatable bonds is 7. The second kappa shape index (κ2) is 9.42. The predicted molar refractivity (Wildman–Crippen MR) is 136 cm³/mol. The van der Waals surface area contributed by atoms with Crippen LogP contribution >= 0.6 is 0 Å². The number of hydrogen-bond donors (Lipinski definition) is 1. The molecule has 0 bridgehead atoms. The molecule has 3 aromatic rings. The van der Waals surface area contributed by atoms with E-state index in [1.807, 2.05) is 32.0 Å². The molecule has 5 rings (SSSR count). The molecule has 2 aliphatic carbocycles. The molecule has 6 heteroatoms. The Balaban J connectivity index is 1.53. The fourth-order valence-electron chi connectivity index (χ4n) is 5.27. The zero-order chi connectivity index (χ0) is 24.6. The summed E-state index contributed by atoms with van der Waals surface area (Å²) in [6.07, 6.45) is 5.22. The minimum Gasteiger partial charge on any atom is -0.368 e. The molecule has 1 amide bonds. The third kappa shape index (κ3) is 4.55. The van der Waals surface area contributed by atoms with Crippen LogP contribution in [0.3, 0.4) is 0 Å². The lowest BCUT2D eigenvalue weighted by atomic mass is 9.78. The Morgan fingerprint density at radius 2 is 1.89 bits per heavy atom. The van der Waals surface area contributed by atoms with E-state index in [0.717, 1.165) is 47.2 Å². The number of aryl methyl sites for hydroxylation is 1. The molecule has 0 spiro atoms. The van der Waals surface area contributed by atoms with Crippen LogP contribution in [0.4, 0.5) is 0 Å². The molecule has 1 fully saturated rings. The van der Waals surface area contributed by atoms with Crippen molar-refractivity contribution in [1.29, 1.82) is 0 Å². The summed E-state index contributed by atoms with van der Waals surface area (Å²) in [5.74, 6) is -0.225. The van der Waals surface area contributed by atoms with Gasteiger partial charge in [-0.25, -0.2) is 4.98 Å². The minimum atomic E-state index is -0.703. The number of benzene rings is 2. The van der Waals surface area contributed by atoms with Crippen molar-refractivity contribution in [2.45, 2.75) is 69.6 Å². The van der Waals surface area contributed by atoms with E-state index >= 15 is 0 Å². The van der Waals surface area contributed by atoms with Crippen LogP contribution < -0.4 is 10.9 Å². The molecule has 1 saturated carbocycles. The monoisotopic (exact) mass is 471 g/mol. The molecule has 1 aromatic heterocycles. The smallest absolute Gasteiger partial charge is 0.257 e. The number of aromatic nitrogens is 2. The molecule has 0 aliphatic heterocycles. The second-order valence-corrected chi connectivity index (χ2v) is 10.1. The number of fused-ring (bicyclic) bond motifs is 1. The highest BCUT2D eigenvalue weighted by molar-refractivity contribution is 5.88. The fraction of sp³-hybridized carbons (Fsp3) is 0.414. The predicted octanol–water partition coefficient (Wildman–Crippen LogP) is 4.43. The number of hydrogen-bond acceptors (Lipinski definition) is 4. The largest absolute Gasteiger partial charge is 0.368 e. The Labute approximate surface area is 206 Å². The quantitative estimate of drug-likeness (QED) is 0.553. The van der Waals surface area contributed by atoms with Crippen molar-refractivity contribution in [1.82, 2.24) is 14.9 Å². The first-order valence-corrected chi connectivity index (χ1v) is 12.5. The molecule has 2 atom stereocenters. The molecule has 2 aliphatic rings. The Hall–Kier alpha value is -3.25. The third-order valence-corrected chi connectivity index (χ3v) is 7.53. The fourth-order valence-corrected chi connectivity index (χ4v) is 5.27. The van der Waals surface area contributed by atoms with E-state index in [4.69, 9.17) is 4.74 Å². The van der Waals surface area contributed by atoms with Gasteiger partial charge in [-0.05, 0) is 62.6 Å². The lowest BCUT2D eigenvalue weighted by Gasteiger charge is -2.34. The Bertz CT molecular complexity index is 1280. The third-order valence-electron chi connectivity index (χ3n) is 7.53. The molecule has 2 aromatic carbocycles. The Morgan fingerprint density at radius 1 is 1.14 bits per heavy atom. The van der Waals surface area contributed by atoms with Gasteiger partial charge in [0.25, 0.3) is 11.5 Å². The van der Waals surface area contributed by atoms with Crippen molar-refractivity contribution < 1.29 is 9.53 Å². The molecule has 6 nitrogen and oxygen atoms in total. The average Bonchev–Trinajstić information content (AvgIpc) is 3.67. The summed E-state index contributed by atoms with van der Waals surface area (Å²) >= 11 is 0. The summed E-state index contributed by atoms with van der Waals surface area (Å²) in [5, 5.41) is 3.27. The summed E-state index contributed by atoms with van der Waals surface area (Å²) in [4.78, 5) is 31.4. The molecule has 0 saturated heterocycles. The molecule has 0 unspecified atom stereocenters. The highest BCUT2D eigenvalue weighted by atomic mass is 16.5. The first kappa shape index (κ1) is 23.5. The van der Waals surface area contributed by atoms with Gasteiger partial charge in [0.15, 0.2) is 0 Å². The summed E-state index contributed by atoms with van der Waals surface area (Å²) in [7, 11) is 1.60. The van der Waals surface area contributed by atoms with E-state index in [0.29, 0.717) is 12.8 Å². The molecule has 1 heterocycles. The maximum absolute atomic E-state index is 13.6. The van der Waals surface area contributed by atoms with Crippen molar-refractivity contribution in [2.24, 2.45) is 0 Å². The summed E-state index contributed by atoms with van der Waals surface area (Å²) in [6, 6.07) is 18.6. The maximum atomic E-state index is 13.6. The van der Waals surface area contributed by atoms with Crippen LogP contribution in [0.25, 0.3) is 11.1 Å². The molecule has 35 heavy (non-hydrogen) atoms. The first-order chi connectivity index (χ1) is 16.9. The number of ether oxygens (including phenoxy) is 1. The molecule has 1 N–H and O–H groups in total. The number of amides is 1. The van der Waals surface area contributed by atoms with Crippen LogP contribution in [-0.4, -0.2) is 34.2 Å². The highest BCUT2D eigenvalue weighted by Gasteiger charge is 2.51. The van der Waals surface area contributed by atoms with Gasteiger partial charge in [-0.15, -0.1) is 0 Å². The maximum Gasteiger partial charge on any atom is 0.257 e. The van der Waals surface area contributed by atoms with Gasteiger partial charge in [-0.3, -0.25) is 14.2 Å². The van der Waals surface area contributed by atoms with E-state index in [2.05, 4.69) is 46.7 Å². The van der Waals surface area contributed by atoms with Crippen LogP contribution in [-0.2, 0) is 22.4 Å². The second-order valence-electron chi connectivity index (χ2n) is 10.1. The van der Waals surface area contributed by atoms with Crippen molar-refractivity contribution >= 4 is 5.91 Å². The lowest BCUT2D eigenvalue weighted by molar-refractivity contribution is -0.134. The van der Waals surface area contributed by atoms with Crippen molar-refractivity contribution in [3.8, 4) is 11.1 Å². The number of methoxy groups -OCH3 is 1. The Morgan fingerprint density at radius 3 is 2.57 bits per heavy atom. The Kier molecular flexibility index (Phi) is 6.32. The first-order valence-electron chi connectivity index (χ1n) is 12.5. The van der Waals surface area contributed by atoms with Crippen LogP contribution in [0.1, 0.15) is 61.9 Å². The van der Waals surface area contributed by atoms with Gasteiger partial charge in [-0.2, -0.15) is 0 Å². The van der Waals surface area contributed by atoms with Crippen molar-refractivity contribution in [2.75, 3.05) is 7.11 Å². The van der Waals surface area contributed by atoms with Crippen molar-refractivity contribution in [3.05, 3.63) is 88.1 Å². The van der Waals surface area contributed by atoms with Crippen LogP contribution in [0, 0.1) is 0 Å². The molecule has 0 radical (unpaired) electrons. The van der Waals surface area contributed by atoms with Gasteiger partial charge in [0.05, 0.1) is 12.0 Å². The van der Waals surface area contributed by atoms with Crippen LogP contribution in [0.5, 0.6) is 0 Å². The van der Waals surface area contributed by atoms with Gasteiger partial charge in [0, 0.05) is 30.7 Å². The SMILES string of the molecule is COC1(C(=O)N[C@H]2CCc3ncn(C(C)C)c(=O)c3[C@H]2Cc2cccc(-c3ccccc3)c2)CC1. The van der Waals surface area contributed by atoms with Crippen LogP contribution in [0.2, 0.25) is 0 Å². The average molecular weight is 472 g/mol. The minimum absolute atomic E-state index is 0.000963. The normalized spacial score (nSPS) is 20.3. The van der Waals surface area contributed by atoms with Crippen LogP contribution in [0.15, 0.2) is 65.7 Å². The van der Waals surface area contributed by atoms with E-state index in [-0.39, 0.29) is 29.5 Å². The topological polar surface area (TPSA) is 73.2 Å². The van der Waals surface area contributed by atoms with Crippen molar-refractivity contribution in [3.63, 3.8) is 0 Å². The lowest BCUT2D eigenvalue weighted by Crippen LogP contribution is -2.49. The standard InChI is InChI=1S/C29H33N3O3/c1-19(2)32-18-30-25-13-12-24(31-28(34)29(35-3)14-15-29)23(26(25)27(32)33)17-20-8-7-11-22(16-20)21-9-5-4-6-10-21/h4-11,16,18-19,23-24H,12-15,17H2,1-3H3,(H,31,34)/t23-,24-/m0/s1. The van der Waals surface area contributed by atoms with Gasteiger partial charge >= 0.3 is 0 Å². The molecular weight excluding hydrogens is 438 g/mol. The van der Waals surface area contributed by atoms with E-state index in [1.54, 1.807) is 18.0 Å². The number of nitrogens with one attached hydrogen (secondary N) is 1. The number of nitrogens with zero attached hydrogens (tertiary/aromatic N) is 2. The number of carbonyl (C=O) groups excluding carboxylic acids is 1. The summed E-state index contributed by atoms with van der Waals surface area (Å²) < 4.78 is 7.23. The van der Waals surface area contributed by atoms with Gasteiger partial charge in [-0.1, -0.05) is 54.6 Å². The van der Waals surface area contributed by atoms with E-state index < -0.39 is 5.60 Å². The number of carbonyl (C=O) groups is 1. The zero-order valence-corrected chi connectivity index (χ0v) is 20.7. The van der Waals surface area contributed by atoms with Gasteiger partial charge < -0.3 is 10.1 Å². The van der Waals surface area contributed by atoms with E-state index in [1.165, 1.54) is 0 Å². The zero-order valence-electron chi connectivity index (χ0n) is 20.7. The highest BCUT2D eigenvalue weighted by Crippen LogP contribution is 2.40. The van der Waals surface area contributed by atoms with E-state index in [9.17, 15) is 9.59 Å². The van der Waals surface area contributed by atoms with Gasteiger partial charge in [0.1, 0.15) is 5.60 Å². The molecule has 182 valence electrons.